The Morgan fingerprint density at radius 3 is 2.71 bits per heavy atom. The van der Waals surface area contributed by atoms with E-state index < -0.39 is 0 Å². The largest absolute Gasteiger partial charge is 0.495 e. The van der Waals surface area contributed by atoms with Crippen molar-refractivity contribution in [3.63, 3.8) is 0 Å². The highest BCUT2D eigenvalue weighted by atomic mass is 32.1. The lowest BCUT2D eigenvalue weighted by atomic mass is 9.96. The number of rotatable bonds is 9. The Labute approximate surface area is 227 Å². The summed E-state index contributed by atoms with van der Waals surface area (Å²) in [6.45, 7) is 5.31. The van der Waals surface area contributed by atoms with Gasteiger partial charge in [0, 0.05) is 30.6 Å². The van der Waals surface area contributed by atoms with E-state index >= 15 is 0 Å². The predicted molar refractivity (Wildman–Crippen MR) is 150 cm³/mol. The average Bonchev–Trinajstić information content (AvgIpc) is 3.63. The molecule has 0 bridgehead atoms. The number of hydrogen-bond donors (Lipinski definition) is 2. The highest BCUT2D eigenvalue weighted by molar-refractivity contribution is 7.80. The van der Waals surface area contributed by atoms with Gasteiger partial charge in [-0.3, -0.25) is 9.78 Å². The standard InChI is InChI=1S/C29H31N5O3S/c1-19-17-22(20(2)34(19)18-21-9-8-16-37-21)28-27(24-11-6-7-14-30-24)32-29(38)33(28)15-13-26(35)31-23-10-4-5-12-25(23)36-3/h4-12,14,16-17,27-28H,13,15,18H2,1-3H3,(H,31,35)(H,32,38). The molecule has 5 rings (SSSR count). The molecule has 4 heterocycles. The fraction of sp³-hybridized carbons (Fsp3) is 0.276. The lowest BCUT2D eigenvalue weighted by molar-refractivity contribution is -0.116. The van der Waals surface area contributed by atoms with Crippen LogP contribution in [0.4, 0.5) is 5.69 Å². The van der Waals surface area contributed by atoms with Crippen LogP contribution in [0.2, 0.25) is 0 Å². The summed E-state index contributed by atoms with van der Waals surface area (Å²) in [5.74, 6) is 1.40. The number of aromatic nitrogens is 2. The van der Waals surface area contributed by atoms with Gasteiger partial charge in [0.25, 0.3) is 0 Å². The number of thiocarbonyl (C=S) groups is 1. The van der Waals surface area contributed by atoms with Crippen molar-refractivity contribution in [3.8, 4) is 5.75 Å². The molecule has 1 aromatic carbocycles. The fourth-order valence-electron chi connectivity index (χ4n) is 5.10. The third-order valence-corrected chi connectivity index (χ3v) is 7.34. The molecule has 1 fully saturated rings. The Hall–Kier alpha value is -4.11. The molecule has 2 atom stereocenters. The number of carbonyl (C=O) groups is 1. The van der Waals surface area contributed by atoms with Crippen molar-refractivity contribution in [2.75, 3.05) is 19.0 Å². The van der Waals surface area contributed by atoms with Crippen LogP contribution in [0.15, 0.2) is 77.5 Å². The summed E-state index contributed by atoms with van der Waals surface area (Å²) >= 11 is 5.81. The van der Waals surface area contributed by atoms with Crippen molar-refractivity contribution >= 4 is 28.9 Å². The first kappa shape index (κ1) is 25.5. The van der Waals surface area contributed by atoms with Crippen LogP contribution in [-0.2, 0) is 11.3 Å². The number of furan rings is 1. The van der Waals surface area contributed by atoms with Crippen LogP contribution in [0, 0.1) is 13.8 Å². The van der Waals surface area contributed by atoms with Gasteiger partial charge in [-0.15, -0.1) is 0 Å². The number of methoxy groups -OCH3 is 1. The van der Waals surface area contributed by atoms with E-state index in [-0.39, 0.29) is 24.4 Å². The number of nitrogens with zero attached hydrogens (tertiary/aromatic N) is 3. The maximum Gasteiger partial charge on any atom is 0.226 e. The van der Waals surface area contributed by atoms with Crippen LogP contribution >= 0.6 is 12.2 Å². The molecule has 3 aromatic heterocycles. The number of pyridine rings is 1. The number of nitrogens with one attached hydrogen (secondary N) is 2. The monoisotopic (exact) mass is 529 g/mol. The lowest BCUT2D eigenvalue weighted by Gasteiger charge is -2.28. The van der Waals surface area contributed by atoms with E-state index in [0.29, 0.717) is 29.6 Å². The molecule has 196 valence electrons. The van der Waals surface area contributed by atoms with E-state index in [1.165, 1.54) is 0 Å². The molecule has 1 aliphatic rings. The molecule has 2 unspecified atom stereocenters. The summed E-state index contributed by atoms with van der Waals surface area (Å²) in [5, 5.41) is 7.05. The molecule has 0 aliphatic carbocycles. The first-order chi connectivity index (χ1) is 18.5. The van der Waals surface area contributed by atoms with Crippen LogP contribution in [-0.4, -0.2) is 39.1 Å². The maximum absolute atomic E-state index is 13.0. The van der Waals surface area contributed by atoms with Crippen LogP contribution in [0.5, 0.6) is 5.75 Å². The molecule has 0 radical (unpaired) electrons. The van der Waals surface area contributed by atoms with E-state index in [4.69, 9.17) is 21.4 Å². The van der Waals surface area contributed by atoms with Crippen molar-refractivity contribution < 1.29 is 13.9 Å². The van der Waals surface area contributed by atoms with Crippen molar-refractivity contribution in [2.24, 2.45) is 0 Å². The highest BCUT2D eigenvalue weighted by Crippen LogP contribution is 2.41. The molecule has 8 nitrogen and oxygen atoms in total. The zero-order valence-corrected chi connectivity index (χ0v) is 22.5. The molecular formula is C29H31N5O3S. The quantitative estimate of drug-likeness (QED) is 0.290. The fourth-order valence-corrected chi connectivity index (χ4v) is 5.43. The number of ether oxygens (including phenoxy) is 1. The van der Waals surface area contributed by atoms with Crippen LogP contribution < -0.4 is 15.4 Å². The average molecular weight is 530 g/mol. The third-order valence-electron chi connectivity index (χ3n) is 6.98. The Kier molecular flexibility index (Phi) is 7.46. The van der Waals surface area contributed by atoms with Crippen molar-refractivity contribution in [1.82, 2.24) is 19.8 Å². The van der Waals surface area contributed by atoms with Gasteiger partial charge in [0.1, 0.15) is 11.5 Å². The Bertz CT molecular complexity index is 1420. The zero-order chi connectivity index (χ0) is 26.6. The van der Waals surface area contributed by atoms with Crippen molar-refractivity contribution in [2.45, 2.75) is 38.9 Å². The number of aryl methyl sites for hydroxylation is 1. The van der Waals surface area contributed by atoms with E-state index in [9.17, 15) is 4.79 Å². The second kappa shape index (κ2) is 11.1. The first-order valence-corrected chi connectivity index (χ1v) is 13.0. The van der Waals surface area contributed by atoms with Crippen LogP contribution in [0.3, 0.4) is 0 Å². The number of amides is 1. The minimum Gasteiger partial charge on any atom is -0.495 e. The SMILES string of the molecule is COc1ccccc1NC(=O)CCN1C(=S)NC(c2ccccn2)C1c1cc(C)n(Cc2ccco2)c1C. The van der Waals surface area contributed by atoms with E-state index in [1.807, 2.05) is 54.6 Å². The molecule has 2 N–H and O–H groups in total. The van der Waals surface area contributed by atoms with Gasteiger partial charge in [-0.25, -0.2) is 0 Å². The summed E-state index contributed by atoms with van der Waals surface area (Å²) in [5.41, 5.74) is 4.94. The summed E-state index contributed by atoms with van der Waals surface area (Å²) in [6.07, 6.45) is 3.75. The number of anilines is 1. The maximum atomic E-state index is 13.0. The molecule has 1 saturated heterocycles. The first-order valence-electron chi connectivity index (χ1n) is 12.6. The molecule has 4 aromatic rings. The summed E-state index contributed by atoms with van der Waals surface area (Å²) in [4.78, 5) is 19.7. The highest BCUT2D eigenvalue weighted by Gasteiger charge is 2.41. The van der Waals surface area contributed by atoms with Crippen molar-refractivity contribution in [3.05, 3.63) is 102 Å². The third kappa shape index (κ3) is 5.15. The second-order valence-electron chi connectivity index (χ2n) is 9.31. The normalized spacial score (nSPS) is 16.9. The second-order valence-corrected chi connectivity index (χ2v) is 9.70. The molecule has 1 aliphatic heterocycles. The summed E-state index contributed by atoms with van der Waals surface area (Å²) in [7, 11) is 1.59. The van der Waals surface area contributed by atoms with E-state index in [0.717, 1.165) is 28.4 Å². The van der Waals surface area contributed by atoms with Gasteiger partial charge in [0.05, 0.1) is 43.4 Å². The molecule has 0 saturated carbocycles. The van der Waals surface area contributed by atoms with E-state index in [2.05, 4.69) is 45.0 Å². The summed E-state index contributed by atoms with van der Waals surface area (Å²) in [6, 6.07) is 19.1. The molecule has 9 heteroatoms. The van der Waals surface area contributed by atoms with Gasteiger partial charge in [0.2, 0.25) is 5.91 Å². The molecule has 1 amide bonds. The van der Waals surface area contributed by atoms with Gasteiger partial charge < -0.3 is 29.3 Å². The van der Waals surface area contributed by atoms with Gasteiger partial charge >= 0.3 is 0 Å². The molecular weight excluding hydrogens is 498 g/mol. The lowest BCUT2D eigenvalue weighted by Crippen LogP contribution is -2.33. The molecule has 0 spiro atoms. The minimum absolute atomic E-state index is 0.111. The number of para-hydroxylation sites is 2. The summed E-state index contributed by atoms with van der Waals surface area (Å²) < 4.78 is 13.2. The van der Waals surface area contributed by atoms with Crippen molar-refractivity contribution in [1.29, 1.82) is 0 Å². The number of hydrogen-bond acceptors (Lipinski definition) is 5. The minimum atomic E-state index is -0.154. The smallest absolute Gasteiger partial charge is 0.226 e. The van der Waals surface area contributed by atoms with Crippen LogP contribution in [0.1, 0.15) is 46.9 Å². The van der Waals surface area contributed by atoms with Gasteiger partial charge in [0.15, 0.2) is 5.11 Å². The van der Waals surface area contributed by atoms with E-state index in [1.54, 1.807) is 19.6 Å². The van der Waals surface area contributed by atoms with Gasteiger partial charge in [-0.1, -0.05) is 18.2 Å². The predicted octanol–water partition coefficient (Wildman–Crippen LogP) is 5.15. The number of benzene rings is 1. The molecule has 38 heavy (non-hydrogen) atoms. The van der Waals surface area contributed by atoms with Gasteiger partial charge in [-0.05, 0) is 74.1 Å². The van der Waals surface area contributed by atoms with Gasteiger partial charge in [-0.2, -0.15) is 0 Å². The Balaban J connectivity index is 1.42. The number of carbonyl (C=O) groups excluding carboxylic acids is 1. The topological polar surface area (TPSA) is 84.6 Å². The Morgan fingerprint density at radius 1 is 1.16 bits per heavy atom. The Morgan fingerprint density at radius 2 is 1.97 bits per heavy atom. The zero-order valence-electron chi connectivity index (χ0n) is 21.7. The van der Waals surface area contributed by atoms with Crippen LogP contribution in [0.25, 0.3) is 0 Å².